The predicted octanol–water partition coefficient (Wildman–Crippen LogP) is 2.00. The van der Waals surface area contributed by atoms with Gasteiger partial charge in [-0.2, -0.15) is 0 Å². The quantitative estimate of drug-likeness (QED) is 0.792. The van der Waals surface area contributed by atoms with Crippen molar-refractivity contribution in [3.63, 3.8) is 0 Å². The predicted molar refractivity (Wildman–Crippen MR) is 69.0 cm³/mol. The number of aliphatic hydroxyl groups is 1. The van der Waals surface area contributed by atoms with Crippen LogP contribution >= 0.6 is 0 Å². The van der Waals surface area contributed by atoms with Crippen LogP contribution in [0.25, 0.3) is 0 Å². The number of nitrogens with one attached hydrogen (secondary N) is 1. The van der Waals surface area contributed by atoms with Gasteiger partial charge in [0, 0.05) is 18.7 Å². The van der Waals surface area contributed by atoms with E-state index in [0.29, 0.717) is 12.1 Å². The molecular weight excluding hydrogens is 214 g/mol. The Bertz CT molecular complexity index is 346. The number of aliphatic hydroxyl groups excluding tert-OH is 1. The van der Waals surface area contributed by atoms with Crippen LogP contribution in [0.15, 0.2) is 24.3 Å². The highest BCUT2D eigenvalue weighted by molar-refractivity contribution is 5.94. The van der Waals surface area contributed by atoms with Gasteiger partial charge in [0.05, 0.1) is 0 Å². The van der Waals surface area contributed by atoms with Crippen LogP contribution in [0.5, 0.6) is 0 Å². The Morgan fingerprint density at radius 3 is 2.53 bits per heavy atom. The molecule has 1 unspecified atom stereocenters. The van der Waals surface area contributed by atoms with Gasteiger partial charge in [0.2, 0.25) is 0 Å². The fourth-order valence-electron chi connectivity index (χ4n) is 1.55. The van der Waals surface area contributed by atoms with E-state index in [1.165, 1.54) is 5.56 Å². The molecule has 0 aliphatic carbocycles. The third kappa shape index (κ3) is 4.57. The number of benzene rings is 1. The van der Waals surface area contributed by atoms with Crippen molar-refractivity contribution >= 4 is 5.91 Å². The maximum absolute atomic E-state index is 11.7. The second-order valence-electron chi connectivity index (χ2n) is 4.44. The molecule has 1 aromatic carbocycles. The molecule has 0 spiro atoms. The van der Waals surface area contributed by atoms with Gasteiger partial charge in [-0.15, -0.1) is 0 Å². The van der Waals surface area contributed by atoms with E-state index in [1.807, 2.05) is 31.2 Å². The van der Waals surface area contributed by atoms with Crippen LogP contribution in [-0.4, -0.2) is 24.2 Å². The first-order chi connectivity index (χ1) is 8.17. The Morgan fingerprint density at radius 1 is 1.35 bits per heavy atom. The molecule has 3 nitrogen and oxygen atoms in total. The van der Waals surface area contributed by atoms with Crippen molar-refractivity contribution in [2.24, 2.45) is 5.92 Å². The fourth-order valence-corrected chi connectivity index (χ4v) is 1.55. The molecule has 0 saturated heterocycles. The number of carbonyl (C=O) groups excluding carboxylic acids is 1. The summed E-state index contributed by atoms with van der Waals surface area (Å²) in [5, 5.41) is 11.7. The monoisotopic (exact) mass is 235 g/mol. The summed E-state index contributed by atoms with van der Waals surface area (Å²) < 4.78 is 0. The van der Waals surface area contributed by atoms with Gasteiger partial charge >= 0.3 is 0 Å². The zero-order valence-electron chi connectivity index (χ0n) is 10.6. The van der Waals surface area contributed by atoms with Gasteiger partial charge in [0.15, 0.2) is 0 Å². The largest absolute Gasteiger partial charge is 0.396 e. The number of hydrogen-bond donors (Lipinski definition) is 2. The van der Waals surface area contributed by atoms with Crippen LogP contribution in [0.4, 0.5) is 0 Å². The third-order valence-electron chi connectivity index (χ3n) is 2.68. The lowest BCUT2D eigenvalue weighted by molar-refractivity contribution is 0.0942. The molecule has 1 rings (SSSR count). The van der Waals surface area contributed by atoms with Crippen molar-refractivity contribution in [3.05, 3.63) is 35.4 Å². The maximum atomic E-state index is 11.7. The van der Waals surface area contributed by atoms with Gasteiger partial charge in [-0.3, -0.25) is 4.79 Å². The normalized spacial score (nSPS) is 12.2. The van der Waals surface area contributed by atoms with Crippen molar-refractivity contribution in [1.29, 1.82) is 0 Å². The Hall–Kier alpha value is -1.35. The summed E-state index contributed by atoms with van der Waals surface area (Å²) in [5.41, 5.74) is 1.93. The summed E-state index contributed by atoms with van der Waals surface area (Å²) >= 11 is 0. The SMILES string of the molecule is CCCc1ccc(C(=O)NCC(C)CO)cc1. The summed E-state index contributed by atoms with van der Waals surface area (Å²) in [6.45, 7) is 4.63. The molecule has 3 heteroatoms. The van der Waals surface area contributed by atoms with E-state index in [-0.39, 0.29) is 18.4 Å². The van der Waals surface area contributed by atoms with Crippen LogP contribution in [0.1, 0.15) is 36.2 Å². The molecule has 0 aliphatic rings. The Balaban J connectivity index is 2.51. The molecule has 1 amide bonds. The van der Waals surface area contributed by atoms with Crippen LogP contribution in [0.3, 0.4) is 0 Å². The zero-order valence-corrected chi connectivity index (χ0v) is 10.6. The second-order valence-corrected chi connectivity index (χ2v) is 4.44. The molecule has 0 bridgehead atoms. The summed E-state index contributed by atoms with van der Waals surface area (Å²) in [4.78, 5) is 11.7. The minimum Gasteiger partial charge on any atom is -0.396 e. The highest BCUT2D eigenvalue weighted by atomic mass is 16.3. The molecule has 1 atom stereocenters. The molecule has 0 aromatic heterocycles. The maximum Gasteiger partial charge on any atom is 0.251 e. The first-order valence-electron chi connectivity index (χ1n) is 6.15. The minimum absolute atomic E-state index is 0.0756. The number of aryl methyl sites for hydroxylation is 1. The standard InChI is InChI=1S/C14H21NO2/c1-3-4-12-5-7-13(8-6-12)14(17)15-9-11(2)10-16/h5-8,11,16H,3-4,9-10H2,1-2H3,(H,15,17). The molecule has 2 N–H and O–H groups in total. The summed E-state index contributed by atoms with van der Waals surface area (Å²) in [6, 6.07) is 7.69. The van der Waals surface area contributed by atoms with E-state index in [0.717, 1.165) is 12.8 Å². The van der Waals surface area contributed by atoms with Crippen molar-refractivity contribution in [2.45, 2.75) is 26.7 Å². The van der Waals surface area contributed by atoms with Gasteiger partial charge in [0.25, 0.3) is 5.91 Å². The highest BCUT2D eigenvalue weighted by Gasteiger charge is 2.06. The van der Waals surface area contributed by atoms with Crippen LogP contribution in [0, 0.1) is 5.92 Å². The lowest BCUT2D eigenvalue weighted by Gasteiger charge is -2.09. The molecule has 1 aromatic rings. The number of hydrogen-bond acceptors (Lipinski definition) is 2. The van der Waals surface area contributed by atoms with Crippen LogP contribution in [-0.2, 0) is 6.42 Å². The summed E-state index contributed by atoms with van der Waals surface area (Å²) in [7, 11) is 0. The van der Waals surface area contributed by atoms with Gasteiger partial charge in [-0.25, -0.2) is 0 Å². The Morgan fingerprint density at radius 2 is 2.00 bits per heavy atom. The van der Waals surface area contributed by atoms with Crippen LogP contribution in [0.2, 0.25) is 0 Å². The lowest BCUT2D eigenvalue weighted by atomic mass is 10.1. The molecule has 17 heavy (non-hydrogen) atoms. The fraction of sp³-hybridized carbons (Fsp3) is 0.500. The Labute approximate surface area is 103 Å². The molecule has 0 saturated carbocycles. The van der Waals surface area contributed by atoms with Gasteiger partial charge in [-0.1, -0.05) is 32.4 Å². The van der Waals surface area contributed by atoms with Gasteiger partial charge in [0.1, 0.15) is 0 Å². The topological polar surface area (TPSA) is 49.3 Å². The number of carbonyl (C=O) groups is 1. The third-order valence-corrected chi connectivity index (χ3v) is 2.68. The number of rotatable bonds is 6. The van der Waals surface area contributed by atoms with E-state index in [9.17, 15) is 4.79 Å². The van der Waals surface area contributed by atoms with Crippen molar-refractivity contribution in [2.75, 3.05) is 13.2 Å². The summed E-state index contributed by atoms with van der Waals surface area (Å²) in [6.07, 6.45) is 2.16. The van der Waals surface area contributed by atoms with Crippen molar-refractivity contribution in [1.82, 2.24) is 5.32 Å². The Kier molecular flexibility index (Phi) is 5.70. The zero-order chi connectivity index (χ0) is 12.7. The molecule has 0 aliphatic heterocycles. The van der Waals surface area contributed by atoms with E-state index in [1.54, 1.807) is 0 Å². The smallest absolute Gasteiger partial charge is 0.251 e. The average molecular weight is 235 g/mol. The first-order valence-corrected chi connectivity index (χ1v) is 6.15. The average Bonchev–Trinajstić information content (AvgIpc) is 2.36. The van der Waals surface area contributed by atoms with Crippen LogP contribution < -0.4 is 5.32 Å². The first kappa shape index (κ1) is 13.7. The van der Waals surface area contributed by atoms with E-state index in [2.05, 4.69) is 12.2 Å². The highest BCUT2D eigenvalue weighted by Crippen LogP contribution is 2.06. The number of amides is 1. The molecule has 0 fully saturated rings. The van der Waals surface area contributed by atoms with E-state index >= 15 is 0 Å². The van der Waals surface area contributed by atoms with Gasteiger partial charge < -0.3 is 10.4 Å². The van der Waals surface area contributed by atoms with E-state index < -0.39 is 0 Å². The molecule has 94 valence electrons. The van der Waals surface area contributed by atoms with Crippen molar-refractivity contribution in [3.8, 4) is 0 Å². The second kappa shape index (κ2) is 7.07. The molecule has 0 radical (unpaired) electrons. The molecule has 0 heterocycles. The van der Waals surface area contributed by atoms with Crippen molar-refractivity contribution < 1.29 is 9.90 Å². The molecular formula is C14H21NO2. The van der Waals surface area contributed by atoms with E-state index in [4.69, 9.17) is 5.11 Å². The minimum atomic E-state index is -0.0756. The summed E-state index contributed by atoms with van der Waals surface area (Å²) in [5.74, 6) is 0.0201. The lowest BCUT2D eigenvalue weighted by Crippen LogP contribution is -2.29. The van der Waals surface area contributed by atoms with Gasteiger partial charge in [-0.05, 0) is 30.0 Å².